The van der Waals surface area contributed by atoms with E-state index >= 15 is 0 Å². The van der Waals surface area contributed by atoms with Crippen molar-refractivity contribution in [2.24, 2.45) is 0 Å². The quantitative estimate of drug-likeness (QED) is 0.729. The van der Waals surface area contributed by atoms with Crippen molar-refractivity contribution in [2.75, 3.05) is 20.3 Å². The molecule has 1 aliphatic heterocycles. The molecule has 0 spiro atoms. The molecule has 0 atom stereocenters. The Morgan fingerprint density at radius 1 is 1.50 bits per heavy atom. The monoisotopic (exact) mass is 220 g/mol. The number of carbonyl (C=O) groups excluding carboxylic acids is 1. The van der Waals surface area contributed by atoms with Gasteiger partial charge in [-0.2, -0.15) is 0 Å². The molecule has 0 aliphatic carbocycles. The first-order chi connectivity index (χ1) is 7.66. The first-order valence-corrected chi connectivity index (χ1v) is 5.38. The Morgan fingerprint density at radius 3 is 2.75 bits per heavy atom. The highest BCUT2D eigenvalue weighted by atomic mass is 16.5. The van der Waals surface area contributed by atoms with Crippen molar-refractivity contribution in [3.8, 4) is 0 Å². The molecule has 0 saturated carbocycles. The van der Waals surface area contributed by atoms with Crippen LogP contribution < -0.4 is 0 Å². The number of rotatable bonds is 3. The van der Waals surface area contributed by atoms with Gasteiger partial charge in [0.05, 0.1) is 32.2 Å². The Hall–Kier alpha value is -1.35. The number of ether oxygens (including phenoxy) is 2. The van der Waals surface area contributed by atoms with Crippen LogP contribution in [0.5, 0.6) is 0 Å². The van der Waals surface area contributed by atoms with Gasteiger partial charge < -0.3 is 9.47 Å². The molecule has 3 nitrogen and oxygen atoms in total. The number of aryl methyl sites for hydroxylation is 1. The van der Waals surface area contributed by atoms with Crippen LogP contribution in [0.4, 0.5) is 0 Å². The highest BCUT2D eigenvalue weighted by Gasteiger charge is 2.42. The van der Waals surface area contributed by atoms with Gasteiger partial charge in [0.2, 0.25) is 0 Å². The van der Waals surface area contributed by atoms with Crippen LogP contribution in [0.15, 0.2) is 24.3 Å². The van der Waals surface area contributed by atoms with Crippen molar-refractivity contribution in [1.29, 1.82) is 0 Å². The number of hydrogen-bond acceptors (Lipinski definition) is 3. The van der Waals surface area contributed by atoms with Crippen molar-refractivity contribution in [2.45, 2.75) is 18.8 Å². The minimum Gasteiger partial charge on any atom is -0.469 e. The fourth-order valence-corrected chi connectivity index (χ4v) is 2.04. The van der Waals surface area contributed by atoms with Gasteiger partial charge in [-0.3, -0.25) is 4.79 Å². The third-order valence-electron chi connectivity index (χ3n) is 3.10. The van der Waals surface area contributed by atoms with Crippen molar-refractivity contribution in [3.63, 3.8) is 0 Å². The van der Waals surface area contributed by atoms with E-state index in [9.17, 15) is 4.79 Å². The lowest BCUT2D eigenvalue weighted by molar-refractivity contribution is -0.148. The van der Waals surface area contributed by atoms with Crippen LogP contribution >= 0.6 is 0 Å². The van der Waals surface area contributed by atoms with E-state index in [2.05, 4.69) is 25.1 Å². The molecule has 0 radical (unpaired) electrons. The minimum atomic E-state index is -0.176. The second-order valence-electron chi connectivity index (χ2n) is 4.40. The van der Waals surface area contributed by atoms with E-state index < -0.39 is 0 Å². The van der Waals surface area contributed by atoms with E-state index in [0.29, 0.717) is 19.6 Å². The Labute approximate surface area is 95.4 Å². The summed E-state index contributed by atoms with van der Waals surface area (Å²) < 4.78 is 10.0. The molecule has 0 amide bonds. The van der Waals surface area contributed by atoms with Crippen molar-refractivity contribution < 1.29 is 14.3 Å². The molecule has 0 aromatic heterocycles. The molecular formula is C13H16O3. The average molecular weight is 220 g/mol. The highest BCUT2D eigenvalue weighted by Crippen LogP contribution is 2.36. The Kier molecular flexibility index (Phi) is 2.97. The predicted molar refractivity (Wildman–Crippen MR) is 60.3 cm³/mol. The lowest BCUT2D eigenvalue weighted by Crippen LogP contribution is -2.48. The fraction of sp³-hybridized carbons (Fsp3) is 0.462. The maximum absolute atomic E-state index is 11.4. The van der Waals surface area contributed by atoms with Crippen molar-refractivity contribution >= 4 is 5.97 Å². The molecule has 1 aromatic rings. The maximum atomic E-state index is 11.4. The molecule has 86 valence electrons. The van der Waals surface area contributed by atoms with E-state index in [1.807, 2.05) is 6.07 Å². The first kappa shape index (κ1) is 11.1. The standard InChI is InChI=1S/C13H16O3/c1-10-4-3-5-11(6-10)13(8-16-9-13)7-12(14)15-2/h3-6H,7-9H2,1-2H3. The average Bonchev–Trinajstić information content (AvgIpc) is 2.23. The van der Waals surface area contributed by atoms with Gasteiger partial charge in [0.25, 0.3) is 0 Å². The molecular weight excluding hydrogens is 204 g/mol. The topological polar surface area (TPSA) is 35.5 Å². The molecule has 3 heteroatoms. The van der Waals surface area contributed by atoms with Crippen LogP contribution in [0.1, 0.15) is 17.5 Å². The summed E-state index contributed by atoms with van der Waals surface area (Å²) in [6, 6.07) is 8.24. The van der Waals surface area contributed by atoms with Gasteiger partial charge >= 0.3 is 5.97 Å². The summed E-state index contributed by atoms with van der Waals surface area (Å²) in [6.07, 6.45) is 0.396. The predicted octanol–water partition coefficient (Wildman–Crippen LogP) is 1.83. The molecule has 1 heterocycles. The third kappa shape index (κ3) is 1.95. The van der Waals surface area contributed by atoms with Crippen LogP contribution in [-0.2, 0) is 19.7 Å². The number of methoxy groups -OCH3 is 1. The minimum absolute atomic E-state index is 0.168. The summed E-state index contributed by atoms with van der Waals surface area (Å²) in [5.41, 5.74) is 2.21. The zero-order chi connectivity index (χ0) is 11.6. The van der Waals surface area contributed by atoms with Crippen LogP contribution in [0.25, 0.3) is 0 Å². The van der Waals surface area contributed by atoms with Gasteiger partial charge in [0, 0.05) is 0 Å². The van der Waals surface area contributed by atoms with E-state index in [-0.39, 0.29) is 11.4 Å². The van der Waals surface area contributed by atoms with Gasteiger partial charge in [-0.05, 0) is 12.5 Å². The summed E-state index contributed by atoms with van der Waals surface area (Å²) in [5, 5.41) is 0. The van der Waals surface area contributed by atoms with E-state index in [1.54, 1.807) is 0 Å². The van der Waals surface area contributed by atoms with Gasteiger partial charge in [-0.15, -0.1) is 0 Å². The lowest BCUT2D eigenvalue weighted by Gasteiger charge is -2.41. The van der Waals surface area contributed by atoms with Gasteiger partial charge in [0.1, 0.15) is 0 Å². The summed E-state index contributed by atoms with van der Waals surface area (Å²) in [4.78, 5) is 11.4. The summed E-state index contributed by atoms with van der Waals surface area (Å²) >= 11 is 0. The molecule has 0 bridgehead atoms. The zero-order valence-electron chi connectivity index (χ0n) is 9.66. The molecule has 1 fully saturated rings. The second kappa shape index (κ2) is 4.26. The van der Waals surface area contributed by atoms with Crippen LogP contribution in [0, 0.1) is 6.92 Å². The first-order valence-electron chi connectivity index (χ1n) is 5.38. The molecule has 1 aromatic carbocycles. The molecule has 0 unspecified atom stereocenters. The van der Waals surface area contributed by atoms with Gasteiger partial charge in [-0.25, -0.2) is 0 Å². The van der Waals surface area contributed by atoms with Crippen LogP contribution in [-0.4, -0.2) is 26.3 Å². The second-order valence-corrected chi connectivity index (χ2v) is 4.40. The Bertz CT molecular complexity index is 394. The Morgan fingerprint density at radius 2 is 2.25 bits per heavy atom. The van der Waals surface area contributed by atoms with Crippen LogP contribution in [0.3, 0.4) is 0 Å². The number of hydrogen-bond donors (Lipinski definition) is 0. The van der Waals surface area contributed by atoms with E-state index in [0.717, 1.165) is 0 Å². The van der Waals surface area contributed by atoms with Crippen LogP contribution in [0.2, 0.25) is 0 Å². The number of carbonyl (C=O) groups is 1. The van der Waals surface area contributed by atoms with E-state index in [4.69, 9.17) is 9.47 Å². The SMILES string of the molecule is COC(=O)CC1(c2cccc(C)c2)COC1. The van der Waals surface area contributed by atoms with Crippen molar-refractivity contribution in [1.82, 2.24) is 0 Å². The number of benzene rings is 1. The molecule has 0 N–H and O–H groups in total. The fourth-order valence-electron chi connectivity index (χ4n) is 2.04. The maximum Gasteiger partial charge on any atom is 0.306 e. The Balaban J connectivity index is 2.24. The normalized spacial score (nSPS) is 17.6. The van der Waals surface area contributed by atoms with Crippen molar-refractivity contribution in [3.05, 3.63) is 35.4 Å². The molecule has 2 rings (SSSR count). The summed E-state index contributed by atoms with van der Waals surface area (Å²) in [7, 11) is 1.42. The third-order valence-corrected chi connectivity index (χ3v) is 3.10. The highest BCUT2D eigenvalue weighted by molar-refractivity contribution is 5.71. The van der Waals surface area contributed by atoms with Gasteiger partial charge in [-0.1, -0.05) is 29.8 Å². The summed E-state index contributed by atoms with van der Waals surface area (Å²) in [6.45, 7) is 3.26. The van der Waals surface area contributed by atoms with Gasteiger partial charge in [0.15, 0.2) is 0 Å². The number of esters is 1. The largest absolute Gasteiger partial charge is 0.469 e. The zero-order valence-corrected chi connectivity index (χ0v) is 9.66. The van der Waals surface area contributed by atoms with E-state index in [1.165, 1.54) is 18.2 Å². The molecule has 1 aliphatic rings. The lowest BCUT2D eigenvalue weighted by atomic mass is 9.75. The smallest absolute Gasteiger partial charge is 0.306 e. The summed E-state index contributed by atoms with van der Waals surface area (Å²) in [5.74, 6) is -0.176. The molecule has 1 saturated heterocycles. The molecule has 16 heavy (non-hydrogen) atoms.